The zero-order valence-electron chi connectivity index (χ0n) is 15.3. The van der Waals surface area contributed by atoms with Crippen molar-refractivity contribution in [2.75, 3.05) is 7.11 Å². The molecule has 0 saturated heterocycles. The van der Waals surface area contributed by atoms with Gasteiger partial charge in [-0.1, -0.05) is 18.2 Å². The third-order valence-electron chi connectivity index (χ3n) is 5.27. The first-order valence-corrected chi connectivity index (χ1v) is 9.02. The number of carbonyl (C=O) groups is 1. The highest BCUT2D eigenvalue weighted by atomic mass is 16.5. The van der Waals surface area contributed by atoms with E-state index in [0.717, 1.165) is 43.6 Å². The highest BCUT2D eigenvalue weighted by molar-refractivity contribution is 5.72. The van der Waals surface area contributed by atoms with Crippen LogP contribution in [0.3, 0.4) is 0 Å². The van der Waals surface area contributed by atoms with Gasteiger partial charge in [-0.25, -0.2) is 4.68 Å². The van der Waals surface area contributed by atoms with Crippen LogP contribution in [0.25, 0.3) is 5.69 Å². The second-order valence-electron chi connectivity index (χ2n) is 6.85. The van der Waals surface area contributed by atoms with Crippen molar-refractivity contribution in [3.8, 4) is 5.69 Å². The fourth-order valence-electron chi connectivity index (χ4n) is 3.70. The van der Waals surface area contributed by atoms with Crippen LogP contribution in [-0.4, -0.2) is 28.9 Å². The van der Waals surface area contributed by atoms with Gasteiger partial charge in [0, 0.05) is 23.8 Å². The number of nitrogens with one attached hydrogen (secondary N) is 1. The monoisotopic (exact) mass is 341 g/mol. The quantitative estimate of drug-likeness (QED) is 0.848. The predicted molar refractivity (Wildman–Crippen MR) is 97.6 cm³/mol. The van der Waals surface area contributed by atoms with Crippen molar-refractivity contribution in [2.45, 2.75) is 52.1 Å². The van der Waals surface area contributed by atoms with E-state index in [1.807, 2.05) is 22.9 Å². The second kappa shape index (κ2) is 7.83. The summed E-state index contributed by atoms with van der Waals surface area (Å²) in [6, 6.07) is 10.7. The minimum atomic E-state index is -0.0609. The molecule has 1 fully saturated rings. The van der Waals surface area contributed by atoms with Crippen LogP contribution in [0.15, 0.2) is 30.3 Å². The van der Waals surface area contributed by atoms with Crippen molar-refractivity contribution in [1.82, 2.24) is 15.1 Å². The van der Waals surface area contributed by atoms with Crippen LogP contribution in [-0.2, 0) is 16.1 Å². The Morgan fingerprint density at radius 1 is 1.20 bits per heavy atom. The minimum Gasteiger partial charge on any atom is -0.469 e. The Hall–Kier alpha value is -2.14. The number of aromatic nitrogens is 2. The number of benzene rings is 1. The number of para-hydroxylation sites is 1. The van der Waals surface area contributed by atoms with Gasteiger partial charge in [-0.2, -0.15) is 5.10 Å². The van der Waals surface area contributed by atoms with Gasteiger partial charge in [-0.05, 0) is 51.7 Å². The molecule has 5 nitrogen and oxygen atoms in total. The molecule has 1 aromatic carbocycles. The maximum absolute atomic E-state index is 11.6. The van der Waals surface area contributed by atoms with E-state index in [4.69, 9.17) is 9.84 Å². The molecule has 0 radical (unpaired) electrons. The van der Waals surface area contributed by atoms with Gasteiger partial charge in [-0.15, -0.1) is 0 Å². The average Bonchev–Trinajstić information content (AvgIpc) is 2.94. The fraction of sp³-hybridized carbons (Fsp3) is 0.500. The first kappa shape index (κ1) is 17.7. The lowest BCUT2D eigenvalue weighted by atomic mass is 9.86. The average molecular weight is 341 g/mol. The second-order valence-corrected chi connectivity index (χ2v) is 6.85. The number of aryl methyl sites for hydroxylation is 1. The number of hydrogen-bond donors (Lipinski definition) is 1. The summed E-state index contributed by atoms with van der Waals surface area (Å²) in [5, 5.41) is 8.36. The van der Waals surface area contributed by atoms with Crippen LogP contribution in [0.5, 0.6) is 0 Å². The topological polar surface area (TPSA) is 56.1 Å². The normalized spacial score (nSPS) is 20.4. The summed E-state index contributed by atoms with van der Waals surface area (Å²) in [6.45, 7) is 5.01. The van der Waals surface area contributed by atoms with Crippen molar-refractivity contribution < 1.29 is 9.53 Å². The summed E-state index contributed by atoms with van der Waals surface area (Å²) in [6.07, 6.45) is 3.85. The van der Waals surface area contributed by atoms with Gasteiger partial charge in [0.2, 0.25) is 0 Å². The number of nitrogens with zero attached hydrogens (tertiary/aromatic N) is 2. The number of hydrogen-bond acceptors (Lipinski definition) is 4. The molecular weight excluding hydrogens is 314 g/mol. The van der Waals surface area contributed by atoms with E-state index in [0.29, 0.717) is 6.04 Å². The molecule has 0 unspecified atom stereocenters. The highest BCUT2D eigenvalue weighted by Gasteiger charge is 2.27. The highest BCUT2D eigenvalue weighted by Crippen LogP contribution is 2.26. The van der Waals surface area contributed by atoms with Crippen LogP contribution >= 0.6 is 0 Å². The molecule has 0 spiro atoms. The molecule has 0 amide bonds. The summed E-state index contributed by atoms with van der Waals surface area (Å²) >= 11 is 0. The van der Waals surface area contributed by atoms with E-state index in [1.165, 1.54) is 18.4 Å². The van der Waals surface area contributed by atoms with Crippen LogP contribution in [0, 0.1) is 19.8 Å². The van der Waals surface area contributed by atoms with Gasteiger partial charge < -0.3 is 10.1 Å². The van der Waals surface area contributed by atoms with Crippen molar-refractivity contribution in [2.24, 2.45) is 5.92 Å². The molecule has 134 valence electrons. The largest absolute Gasteiger partial charge is 0.469 e. The number of ether oxygens (including phenoxy) is 1. The first-order chi connectivity index (χ1) is 12.1. The van der Waals surface area contributed by atoms with E-state index < -0.39 is 0 Å². The maximum atomic E-state index is 11.6. The van der Waals surface area contributed by atoms with Gasteiger partial charge in [0.05, 0.1) is 24.4 Å². The number of carbonyl (C=O) groups excluding carboxylic acids is 1. The molecule has 0 atom stereocenters. The molecule has 25 heavy (non-hydrogen) atoms. The van der Waals surface area contributed by atoms with E-state index in [9.17, 15) is 4.79 Å². The van der Waals surface area contributed by atoms with Crippen LogP contribution in [0.2, 0.25) is 0 Å². The van der Waals surface area contributed by atoms with E-state index >= 15 is 0 Å². The van der Waals surface area contributed by atoms with Crippen molar-refractivity contribution in [3.05, 3.63) is 47.3 Å². The SMILES string of the molecule is COC(=O)C1CCC(NCc2c(C)nn(-c3ccccc3)c2C)CC1. The number of methoxy groups -OCH3 is 1. The molecule has 0 bridgehead atoms. The lowest BCUT2D eigenvalue weighted by Gasteiger charge is -2.27. The molecule has 1 saturated carbocycles. The van der Waals surface area contributed by atoms with Crippen LogP contribution in [0.1, 0.15) is 42.6 Å². The first-order valence-electron chi connectivity index (χ1n) is 9.02. The molecule has 2 aromatic rings. The Bertz CT molecular complexity index is 716. The third kappa shape index (κ3) is 3.93. The summed E-state index contributed by atoms with van der Waals surface area (Å²) < 4.78 is 6.87. The molecule has 1 aliphatic rings. The van der Waals surface area contributed by atoms with E-state index in [1.54, 1.807) is 0 Å². The Balaban J connectivity index is 1.61. The van der Waals surface area contributed by atoms with Crippen LogP contribution in [0.4, 0.5) is 0 Å². The lowest BCUT2D eigenvalue weighted by Crippen LogP contribution is -2.35. The summed E-state index contributed by atoms with van der Waals surface area (Å²) in [4.78, 5) is 11.6. The Morgan fingerprint density at radius 3 is 2.52 bits per heavy atom. The molecule has 1 aromatic heterocycles. The van der Waals surface area contributed by atoms with Crippen molar-refractivity contribution in [3.63, 3.8) is 0 Å². The summed E-state index contributed by atoms with van der Waals surface area (Å²) in [5.74, 6) is 0.0154. The number of rotatable bonds is 5. The molecule has 3 rings (SSSR count). The lowest BCUT2D eigenvalue weighted by molar-refractivity contribution is -0.146. The number of esters is 1. The maximum Gasteiger partial charge on any atom is 0.308 e. The fourth-order valence-corrected chi connectivity index (χ4v) is 3.70. The molecule has 1 N–H and O–H groups in total. The molecule has 5 heteroatoms. The molecule has 1 heterocycles. The third-order valence-corrected chi connectivity index (χ3v) is 5.27. The van der Waals surface area contributed by atoms with Gasteiger partial charge in [0.25, 0.3) is 0 Å². The Labute approximate surface area is 149 Å². The Kier molecular flexibility index (Phi) is 5.53. The van der Waals surface area contributed by atoms with Crippen LogP contribution < -0.4 is 5.32 Å². The van der Waals surface area contributed by atoms with Crippen molar-refractivity contribution >= 4 is 5.97 Å². The standard InChI is InChI=1S/C20H27N3O2/c1-14-19(15(2)23(22-14)18-7-5-4-6-8-18)13-21-17-11-9-16(10-12-17)20(24)25-3/h4-8,16-17,21H,9-13H2,1-3H3. The summed E-state index contributed by atoms with van der Waals surface area (Å²) in [7, 11) is 1.47. The van der Waals surface area contributed by atoms with Gasteiger partial charge >= 0.3 is 5.97 Å². The zero-order chi connectivity index (χ0) is 17.8. The van der Waals surface area contributed by atoms with Crippen molar-refractivity contribution in [1.29, 1.82) is 0 Å². The van der Waals surface area contributed by atoms with E-state index in [-0.39, 0.29) is 11.9 Å². The Morgan fingerprint density at radius 2 is 1.88 bits per heavy atom. The smallest absolute Gasteiger partial charge is 0.308 e. The van der Waals surface area contributed by atoms with Gasteiger partial charge in [-0.3, -0.25) is 4.79 Å². The zero-order valence-corrected chi connectivity index (χ0v) is 15.3. The summed E-state index contributed by atoms with van der Waals surface area (Å²) in [5.41, 5.74) is 4.60. The molecule has 1 aliphatic carbocycles. The van der Waals surface area contributed by atoms with Gasteiger partial charge in [0.1, 0.15) is 0 Å². The molecule has 0 aliphatic heterocycles. The molecular formula is C20H27N3O2. The van der Waals surface area contributed by atoms with E-state index in [2.05, 4.69) is 31.3 Å². The predicted octanol–water partition coefficient (Wildman–Crippen LogP) is 3.31. The van der Waals surface area contributed by atoms with Gasteiger partial charge in [0.15, 0.2) is 0 Å². The minimum absolute atomic E-state index is 0.0609.